The number of methoxy groups -OCH3 is 1. The molecule has 0 bridgehead atoms. The first kappa shape index (κ1) is 20.1. The first-order valence-corrected chi connectivity index (χ1v) is 10.6. The maximum atomic E-state index is 5.98. The monoisotopic (exact) mass is 422 g/mol. The van der Waals surface area contributed by atoms with E-state index in [2.05, 4.69) is 44.4 Å². The Kier molecular flexibility index (Phi) is 6.36. The van der Waals surface area contributed by atoms with Gasteiger partial charge in [-0.3, -0.25) is 0 Å². The highest BCUT2D eigenvalue weighted by atomic mass is 32.1. The molecule has 2 aromatic heterocycles. The van der Waals surface area contributed by atoms with E-state index >= 15 is 0 Å². The third kappa shape index (κ3) is 4.84. The zero-order chi connectivity index (χ0) is 20.8. The minimum absolute atomic E-state index is 0.237. The van der Waals surface area contributed by atoms with E-state index in [0.717, 1.165) is 18.8 Å². The van der Waals surface area contributed by atoms with Crippen LogP contribution < -0.4 is 14.8 Å². The number of thiophene rings is 1. The standard InChI is InChI=1S/C22H23N5O2S/c1-16-5-8-18(9-6-16)27-22(24-25-26-27)15-29-20-10-7-17(12-21(20)28-2)13-23-14-19-4-3-11-30-19/h3-12,23H,13-15H2,1-2H3/p+1. The summed E-state index contributed by atoms with van der Waals surface area (Å²) in [6, 6.07) is 18.3. The number of nitrogens with zero attached hydrogens (tertiary/aromatic N) is 4. The number of ether oxygens (including phenoxy) is 2. The predicted molar refractivity (Wildman–Crippen MR) is 115 cm³/mol. The van der Waals surface area contributed by atoms with Crippen LogP contribution in [-0.4, -0.2) is 27.3 Å². The minimum Gasteiger partial charge on any atom is -0.493 e. The van der Waals surface area contributed by atoms with Crippen LogP contribution in [0.15, 0.2) is 60.0 Å². The molecule has 30 heavy (non-hydrogen) atoms. The van der Waals surface area contributed by atoms with Crippen molar-refractivity contribution in [2.45, 2.75) is 26.6 Å². The van der Waals surface area contributed by atoms with Crippen molar-refractivity contribution < 1.29 is 14.8 Å². The summed E-state index contributed by atoms with van der Waals surface area (Å²) >= 11 is 1.78. The van der Waals surface area contributed by atoms with Crippen LogP contribution in [0.4, 0.5) is 0 Å². The van der Waals surface area contributed by atoms with Crippen molar-refractivity contribution in [3.8, 4) is 17.2 Å². The van der Waals surface area contributed by atoms with Gasteiger partial charge in [0.05, 0.1) is 17.7 Å². The van der Waals surface area contributed by atoms with Crippen LogP contribution in [0.5, 0.6) is 11.5 Å². The van der Waals surface area contributed by atoms with Crippen LogP contribution in [0, 0.1) is 6.92 Å². The quantitative estimate of drug-likeness (QED) is 0.449. The molecule has 0 aliphatic carbocycles. The molecule has 154 valence electrons. The molecule has 7 nitrogen and oxygen atoms in total. The van der Waals surface area contributed by atoms with Crippen molar-refractivity contribution in [1.82, 2.24) is 20.2 Å². The molecule has 0 saturated heterocycles. The molecule has 2 heterocycles. The SMILES string of the molecule is COc1cc(C[NH2+]Cc2cccs2)ccc1OCc1nnnn1-c1ccc(C)cc1. The molecule has 4 rings (SSSR count). The summed E-state index contributed by atoms with van der Waals surface area (Å²) in [7, 11) is 1.65. The summed E-state index contributed by atoms with van der Waals surface area (Å²) in [5.74, 6) is 1.98. The lowest BCUT2D eigenvalue weighted by atomic mass is 10.2. The van der Waals surface area contributed by atoms with Crippen LogP contribution in [0.3, 0.4) is 0 Å². The second kappa shape index (κ2) is 9.51. The molecule has 0 amide bonds. The van der Waals surface area contributed by atoms with Crippen molar-refractivity contribution in [3.05, 3.63) is 81.8 Å². The molecule has 0 fully saturated rings. The van der Waals surface area contributed by atoms with Crippen LogP contribution in [0.2, 0.25) is 0 Å². The Hall–Kier alpha value is -3.23. The molecule has 0 saturated carbocycles. The van der Waals surface area contributed by atoms with Crippen molar-refractivity contribution in [2.24, 2.45) is 0 Å². The lowest BCUT2D eigenvalue weighted by Crippen LogP contribution is -2.80. The normalized spacial score (nSPS) is 10.9. The van der Waals surface area contributed by atoms with E-state index in [0.29, 0.717) is 17.3 Å². The lowest BCUT2D eigenvalue weighted by Gasteiger charge is -2.12. The summed E-state index contributed by atoms with van der Waals surface area (Å²) in [6.07, 6.45) is 0. The maximum Gasteiger partial charge on any atom is 0.194 e. The number of nitrogens with two attached hydrogens (primary N) is 1. The number of tetrazole rings is 1. The Morgan fingerprint density at radius 2 is 1.90 bits per heavy atom. The Labute approximate surface area is 179 Å². The van der Waals surface area contributed by atoms with Crippen molar-refractivity contribution in [1.29, 1.82) is 0 Å². The molecule has 0 unspecified atom stereocenters. The molecule has 4 aromatic rings. The van der Waals surface area contributed by atoms with Crippen LogP contribution in [-0.2, 0) is 19.7 Å². The molecular weight excluding hydrogens is 398 g/mol. The van der Waals surface area contributed by atoms with Gasteiger partial charge >= 0.3 is 0 Å². The number of aromatic nitrogens is 4. The highest BCUT2D eigenvalue weighted by Crippen LogP contribution is 2.28. The molecule has 0 aliphatic rings. The Morgan fingerprint density at radius 3 is 2.67 bits per heavy atom. The molecule has 2 N–H and O–H groups in total. The van der Waals surface area contributed by atoms with Gasteiger partial charge in [-0.1, -0.05) is 23.8 Å². The first-order chi connectivity index (χ1) is 14.7. The van der Waals surface area contributed by atoms with Crippen LogP contribution >= 0.6 is 11.3 Å². The van der Waals surface area contributed by atoms with Gasteiger partial charge in [0, 0.05) is 5.56 Å². The van der Waals surface area contributed by atoms with Gasteiger partial charge in [0.2, 0.25) is 0 Å². The Morgan fingerprint density at radius 1 is 1.03 bits per heavy atom. The summed E-state index contributed by atoms with van der Waals surface area (Å²) in [5.41, 5.74) is 3.26. The zero-order valence-corrected chi connectivity index (χ0v) is 17.8. The summed E-state index contributed by atoms with van der Waals surface area (Å²) in [6.45, 7) is 4.13. The number of hydrogen-bond acceptors (Lipinski definition) is 6. The van der Waals surface area contributed by atoms with E-state index in [-0.39, 0.29) is 6.61 Å². The van der Waals surface area contributed by atoms with Gasteiger partial charge in [-0.05, 0) is 59.1 Å². The molecule has 2 aromatic carbocycles. The fourth-order valence-corrected chi connectivity index (χ4v) is 3.80. The van der Waals surface area contributed by atoms with Crippen molar-refractivity contribution >= 4 is 11.3 Å². The highest BCUT2D eigenvalue weighted by molar-refractivity contribution is 7.09. The Balaban J connectivity index is 1.40. The second-order valence-corrected chi connectivity index (χ2v) is 7.92. The minimum atomic E-state index is 0.237. The molecule has 0 atom stereocenters. The van der Waals surface area contributed by atoms with E-state index in [1.807, 2.05) is 43.3 Å². The fourth-order valence-electron chi connectivity index (χ4n) is 3.09. The fraction of sp³-hybridized carbons (Fsp3) is 0.227. The van der Waals surface area contributed by atoms with E-state index in [4.69, 9.17) is 9.47 Å². The topological polar surface area (TPSA) is 78.7 Å². The van der Waals surface area contributed by atoms with Gasteiger partial charge in [0.1, 0.15) is 13.1 Å². The number of benzene rings is 2. The van der Waals surface area contributed by atoms with E-state index in [1.54, 1.807) is 23.1 Å². The van der Waals surface area contributed by atoms with Crippen molar-refractivity contribution in [2.75, 3.05) is 7.11 Å². The van der Waals surface area contributed by atoms with Gasteiger partial charge in [0.25, 0.3) is 0 Å². The second-order valence-electron chi connectivity index (χ2n) is 6.89. The van der Waals surface area contributed by atoms with Crippen LogP contribution in [0.25, 0.3) is 5.69 Å². The average Bonchev–Trinajstić information content (AvgIpc) is 3.45. The number of quaternary nitrogens is 1. The van der Waals surface area contributed by atoms with E-state index in [9.17, 15) is 0 Å². The van der Waals surface area contributed by atoms with E-state index in [1.165, 1.54) is 16.0 Å². The number of aryl methyl sites for hydroxylation is 1. The van der Waals surface area contributed by atoms with E-state index < -0.39 is 0 Å². The maximum absolute atomic E-state index is 5.98. The average molecular weight is 423 g/mol. The largest absolute Gasteiger partial charge is 0.493 e. The molecule has 0 spiro atoms. The summed E-state index contributed by atoms with van der Waals surface area (Å²) in [4.78, 5) is 1.37. The third-order valence-corrected chi connectivity index (χ3v) is 5.60. The van der Waals surface area contributed by atoms with Gasteiger partial charge in [-0.25, -0.2) is 0 Å². The Bertz CT molecular complexity index is 1080. The lowest BCUT2D eigenvalue weighted by molar-refractivity contribution is -0.685. The molecular formula is C22H24N5O2S+. The third-order valence-electron chi connectivity index (χ3n) is 4.70. The van der Waals surface area contributed by atoms with Gasteiger partial charge in [-0.15, -0.1) is 16.4 Å². The van der Waals surface area contributed by atoms with Gasteiger partial charge in [0.15, 0.2) is 23.9 Å². The van der Waals surface area contributed by atoms with Crippen LogP contribution in [0.1, 0.15) is 21.8 Å². The van der Waals surface area contributed by atoms with Crippen molar-refractivity contribution in [3.63, 3.8) is 0 Å². The van der Waals surface area contributed by atoms with Gasteiger partial charge < -0.3 is 14.8 Å². The molecule has 0 radical (unpaired) electrons. The smallest absolute Gasteiger partial charge is 0.194 e. The first-order valence-electron chi connectivity index (χ1n) is 9.71. The zero-order valence-electron chi connectivity index (χ0n) is 17.0. The van der Waals surface area contributed by atoms with Gasteiger partial charge in [-0.2, -0.15) is 4.68 Å². The number of hydrogen-bond donors (Lipinski definition) is 1. The summed E-state index contributed by atoms with van der Waals surface area (Å²) < 4.78 is 13.2. The molecule has 0 aliphatic heterocycles. The number of rotatable bonds is 9. The molecule has 8 heteroatoms. The highest BCUT2D eigenvalue weighted by Gasteiger charge is 2.12. The predicted octanol–water partition coefficient (Wildman–Crippen LogP) is 2.88. The summed E-state index contributed by atoms with van der Waals surface area (Å²) in [5, 5.41) is 16.4.